The molecular formula is C14H16N2O2. The van der Waals surface area contributed by atoms with Gasteiger partial charge in [0, 0.05) is 18.2 Å². The van der Waals surface area contributed by atoms with Crippen molar-refractivity contribution < 1.29 is 9.47 Å². The van der Waals surface area contributed by atoms with Gasteiger partial charge < -0.3 is 14.8 Å². The van der Waals surface area contributed by atoms with E-state index >= 15 is 0 Å². The van der Waals surface area contributed by atoms with Crippen molar-refractivity contribution in [2.45, 2.75) is 12.8 Å². The standard InChI is InChI=1S/C14H16N2O2/c1-17-13-8-10-4-3-7-16-12(5-6-15)11(10)9-14(13)18-2/h5,8-9,16H,3-4,7H2,1-2H3/b12-5-. The molecule has 0 aliphatic carbocycles. The van der Waals surface area contributed by atoms with Gasteiger partial charge in [-0.15, -0.1) is 0 Å². The highest BCUT2D eigenvalue weighted by atomic mass is 16.5. The number of ether oxygens (including phenoxy) is 2. The molecule has 18 heavy (non-hydrogen) atoms. The van der Waals surface area contributed by atoms with Gasteiger partial charge >= 0.3 is 0 Å². The molecule has 0 fully saturated rings. The number of fused-ring (bicyclic) bond motifs is 1. The monoisotopic (exact) mass is 244 g/mol. The summed E-state index contributed by atoms with van der Waals surface area (Å²) in [6.45, 7) is 0.868. The van der Waals surface area contributed by atoms with E-state index in [1.54, 1.807) is 14.2 Å². The van der Waals surface area contributed by atoms with Gasteiger partial charge in [-0.05, 0) is 30.5 Å². The van der Waals surface area contributed by atoms with E-state index in [2.05, 4.69) is 11.4 Å². The second-order valence-electron chi connectivity index (χ2n) is 4.08. The minimum atomic E-state index is 0.684. The second kappa shape index (κ2) is 5.46. The third-order valence-corrected chi connectivity index (χ3v) is 3.05. The maximum Gasteiger partial charge on any atom is 0.161 e. The number of nitriles is 1. The topological polar surface area (TPSA) is 54.3 Å². The Bertz CT molecular complexity index is 515. The zero-order chi connectivity index (χ0) is 13.0. The van der Waals surface area contributed by atoms with Crippen LogP contribution in [0.3, 0.4) is 0 Å². The number of hydrogen-bond acceptors (Lipinski definition) is 4. The molecule has 0 aromatic heterocycles. The summed E-state index contributed by atoms with van der Waals surface area (Å²) in [5.74, 6) is 1.42. The van der Waals surface area contributed by atoms with Crippen molar-refractivity contribution in [1.29, 1.82) is 5.26 Å². The molecule has 0 unspecified atom stereocenters. The minimum absolute atomic E-state index is 0.684. The number of methoxy groups -OCH3 is 2. The minimum Gasteiger partial charge on any atom is -0.493 e. The maximum absolute atomic E-state index is 8.84. The molecule has 4 nitrogen and oxygen atoms in total. The predicted molar refractivity (Wildman–Crippen MR) is 69.5 cm³/mol. The lowest BCUT2D eigenvalue weighted by atomic mass is 10.0. The van der Waals surface area contributed by atoms with Crippen LogP contribution in [0.2, 0.25) is 0 Å². The van der Waals surface area contributed by atoms with E-state index in [9.17, 15) is 0 Å². The van der Waals surface area contributed by atoms with Crippen molar-refractivity contribution in [1.82, 2.24) is 5.32 Å². The van der Waals surface area contributed by atoms with E-state index in [1.807, 2.05) is 12.1 Å². The van der Waals surface area contributed by atoms with E-state index in [0.717, 1.165) is 36.4 Å². The molecule has 0 spiro atoms. The number of aryl methyl sites for hydroxylation is 1. The Morgan fingerprint density at radius 2 is 2.00 bits per heavy atom. The van der Waals surface area contributed by atoms with Crippen molar-refractivity contribution >= 4 is 5.70 Å². The third kappa shape index (κ3) is 2.25. The van der Waals surface area contributed by atoms with Crippen LogP contribution < -0.4 is 14.8 Å². The number of rotatable bonds is 2. The Morgan fingerprint density at radius 3 is 2.67 bits per heavy atom. The number of benzene rings is 1. The Morgan fingerprint density at radius 1 is 1.28 bits per heavy atom. The average Bonchev–Trinajstić information content (AvgIpc) is 2.60. The molecule has 0 saturated carbocycles. The van der Waals surface area contributed by atoms with Crippen LogP contribution in [0.1, 0.15) is 17.5 Å². The summed E-state index contributed by atoms with van der Waals surface area (Å²) in [5.41, 5.74) is 3.05. The molecule has 2 rings (SSSR count). The molecular weight excluding hydrogens is 228 g/mol. The van der Waals surface area contributed by atoms with Crippen LogP contribution in [0.25, 0.3) is 5.70 Å². The molecule has 1 heterocycles. The summed E-state index contributed by atoms with van der Waals surface area (Å²) in [6, 6.07) is 5.99. The van der Waals surface area contributed by atoms with Crippen LogP contribution >= 0.6 is 0 Å². The lowest BCUT2D eigenvalue weighted by Gasteiger charge is -2.14. The summed E-state index contributed by atoms with van der Waals surface area (Å²) in [5, 5.41) is 12.1. The van der Waals surface area contributed by atoms with Crippen LogP contribution in [0, 0.1) is 11.3 Å². The van der Waals surface area contributed by atoms with E-state index in [0.29, 0.717) is 5.75 Å². The van der Waals surface area contributed by atoms with Crippen LogP contribution in [0.15, 0.2) is 18.2 Å². The molecule has 1 aromatic rings. The van der Waals surface area contributed by atoms with Gasteiger partial charge in [0.15, 0.2) is 11.5 Å². The maximum atomic E-state index is 8.84. The molecule has 1 aliphatic rings. The molecule has 1 N–H and O–H groups in total. The molecule has 0 bridgehead atoms. The summed E-state index contributed by atoms with van der Waals surface area (Å²) in [7, 11) is 3.24. The first-order valence-corrected chi connectivity index (χ1v) is 5.89. The summed E-state index contributed by atoms with van der Waals surface area (Å²) < 4.78 is 10.6. The van der Waals surface area contributed by atoms with Crippen LogP contribution in [-0.2, 0) is 6.42 Å². The number of hydrogen-bond donors (Lipinski definition) is 1. The smallest absolute Gasteiger partial charge is 0.161 e. The molecule has 94 valence electrons. The SMILES string of the molecule is COc1cc2c(cc1OC)/C(=C/C#N)NCCC2. The first kappa shape index (κ1) is 12.3. The number of allylic oxidation sites excluding steroid dienone is 1. The molecule has 1 aromatic carbocycles. The highest BCUT2D eigenvalue weighted by Crippen LogP contribution is 2.34. The van der Waals surface area contributed by atoms with Gasteiger partial charge in [-0.25, -0.2) is 0 Å². The van der Waals surface area contributed by atoms with Crippen molar-refractivity contribution in [3.8, 4) is 17.6 Å². The van der Waals surface area contributed by atoms with Crippen molar-refractivity contribution in [3.63, 3.8) is 0 Å². The summed E-state index contributed by atoms with van der Waals surface area (Å²) >= 11 is 0. The van der Waals surface area contributed by atoms with Crippen molar-refractivity contribution in [2.75, 3.05) is 20.8 Å². The van der Waals surface area contributed by atoms with E-state index < -0.39 is 0 Å². The summed E-state index contributed by atoms with van der Waals surface area (Å²) in [4.78, 5) is 0. The Hall–Kier alpha value is -2.15. The fourth-order valence-electron chi connectivity index (χ4n) is 2.17. The average molecular weight is 244 g/mol. The normalized spacial score (nSPS) is 16.2. The van der Waals surface area contributed by atoms with E-state index in [1.165, 1.54) is 11.6 Å². The third-order valence-electron chi connectivity index (χ3n) is 3.05. The molecule has 4 heteroatoms. The first-order valence-electron chi connectivity index (χ1n) is 5.89. The Balaban J connectivity index is 2.57. The molecule has 0 radical (unpaired) electrons. The van der Waals surface area contributed by atoms with Gasteiger partial charge in [-0.1, -0.05) is 0 Å². The Labute approximate surface area is 107 Å². The van der Waals surface area contributed by atoms with E-state index in [-0.39, 0.29) is 0 Å². The Kier molecular flexibility index (Phi) is 3.73. The van der Waals surface area contributed by atoms with Crippen LogP contribution in [-0.4, -0.2) is 20.8 Å². The van der Waals surface area contributed by atoms with E-state index in [4.69, 9.17) is 14.7 Å². The highest BCUT2D eigenvalue weighted by molar-refractivity contribution is 5.72. The summed E-state index contributed by atoms with van der Waals surface area (Å²) in [6.07, 6.45) is 3.53. The van der Waals surface area contributed by atoms with Crippen LogP contribution in [0.4, 0.5) is 0 Å². The molecule has 1 aliphatic heterocycles. The highest BCUT2D eigenvalue weighted by Gasteiger charge is 2.16. The fourth-order valence-corrected chi connectivity index (χ4v) is 2.17. The van der Waals surface area contributed by atoms with Crippen molar-refractivity contribution in [2.24, 2.45) is 0 Å². The van der Waals surface area contributed by atoms with Gasteiger partial charge in [-0.3, -0.25) is 0 Å². The molecule has 0 atom stereocenters. The predicted octanol–water partition coefficient (Wildman–Crippen LogP) is 2.10. The largest absolute Gasteiger partial charge is 0.493 e. The zero-order valence-corrected chi connectivity index (χ0v) is 10.6. The number of nitrogens with zero attached hydrogens (tertiary/aromatic N) is 1. The van der Waals surface area contributed by atoms with Gasteiger partial charge in [0.25, 0.3) is 0 Å². The van der Waals surface area contributed by atoms with Gasteiger partial charge in [-0.2, -0.15) is 5.26 Å². The lowest BCUT2D eigenvalue weighted by Crippen LogP contribution is -2.11. The fraction of sp³-hybridized carbons (Fsp3) is 0.357. The van der Waals surface area contributed by atoms with Gasteiger partial charge in [0.2, 0.25) is 0 Å². The van der Waals surface area contributed by atoms with Gasteiger partial charge in [0.05, 0.1) is 26.0 Å². The quantitative estimate of drug-likeness (QED) is 0.809. The zero-order valence-electron chi connectivity index (χ0n) is 10.6. The first-order chi connectivity index (χ1) is 8.80. The van der Waals surface area contributed by atoms with Gasteiger partial charge in [0.1, 0.15) is 0 Å². The van der Waals surface area contributed by atoms with Crippen molar-refractivity contribution in [3.05, 3.63) is 29.3 Å². The second-order valence-corrected chi connectivity index (χ2v) is 4.08. The molecule has 0 saturated heterocycles. The number of nitrogens with one attached hydrogen (secondary N) is 1. The van der Waals surface area contributed by atoms with Crippen LogP contribution in [0.5, 0.6) is 11.5 Å². The molecule has 0 amide bonds. The lowest BCUT2D eigenvalue weighted by molar-refractivity contribution is 0.354.